The zero-order valence-corrected chi connectivity index (χ0v) is 11.4. The van der Waals surface area contributed by atoms with Gasteiger partial charge >= 0.3 is 0 Å². The normalized spacial score (nSPS) is 10.1. The summed E-state index contributed by atoms with van der Waals surface area (Å²) in [4.78, 5) is 4.34. The SMILES string of the molecule is N#CCc1ccc(Cl)c(-c2ccc(Cl)cc2Cl)n1. The molecule has 18 heavy (non-hydrogen) atoms. The minimum absolute atomic E-state index is 0.232. The van der Waals surface area contributed by atoms with Crippen LogP contribution in [0.4, 0.5) is 0 Å². The molecule has 5 heteroatoms. The molecule has 0 aliphatic rings. The summed E-state index contributed by atoms with van der Waals surface area (Å²) in [7, 11) is 0. The first-order valence-corrected chi connectivity index (χ1v) is 6.23. The van der Waals surface area contributed by atoms with E-state index in [1.54, 1.807) is 30.3 Å². The topological polar surface area (TPSA) is 36.7 Å². The average Bonchev–Trinajstić information content (AvgIpc) is 2.33. The van der Waals surface area contributed by atoms with Crippen LogP contribution in [0.2, 0.25) is 15.1 Å². The van der Waals surface area contributed by atoms with Crippen molar-refractivity contribution in [2.75, 3.05) is 0 Å². The van der Waals surface area contributed by atoms with Gasteiger partial charge in [-0.3, -0.25) is 4.98 Å². The molecule has 1 heterocycles. The van der Waals surface area contributed by atoms with E-state index < -0.39 is 0 Å². The zero-order valence-electron chi connectivity index (χ0n) is 9.12. The number of aromatic nitrogens is 1. The van der Waals surface area contributed by atoms with E-state index in [9.17, 15) is 0 Å². The van der Waals surface area contributed by atoms with E-state index in [0.717, 1.165) is 0 Å². The summed E-state index contributed by atoms with van der Waals surface area (Å²) in [6.45, 7) is 0. The van der Waals surface area contributed by atoms with Crippen LogP contribution in [-0.2, 0) is 6.42 Å². The largest absolute Gasteiger partial charge is 0.250 e. The third-order valence-electron chi connectivity index (χ3n) is 2.35. The number of halogens is 3. The number of nitrogens with zero attached hydrogens (tertiary/aromatic N) is 2. The molecule has 2 nitrogen and oxygen atoms in total. The summed E-state index contributed by atoms with van der Waals surface area (Å²) >= 11 is 18.1. The highest BCUT2D eigenvalue weighted by Gasteiger charge is 2.10. The first-order valence-electron chi connectivity index (χ1n) is 5.09. The smallest absolute Gasteiger partial charge is 0.0906 e. The van der Waals surface area contributed by atoms with Crippen LogP contribution in [0.5, 0.6) is 0 Å². The van der Waals surface area contributed by atoms with E-state index in [1.165, 1.54) is 0 Å². The maximum absolute atomic E-state index is 8.67. The minimum atomic E-state index is 0.232. The fourth-order valence-electron chi connectivity index (χ4n) is 1.53. The molecule has 0 saturated carbocycles. The maximum Gasteiger partial charge on any atom is 0.0906 e. The Morgan fingerprint density at radius 2 is 1.83 bits per heavy atom. The molecule has 2 aromatic rings. The molecule has 0 fully saturated rings. The second kappa shape index (κ2) is 5.58. The monoisotopic (exact) mass is 296 g/mol. The van der Waals surface area contributed by atoms with E-state index in [1.807, 2.05) is 6.07 Å². The third-order valence-corrected chi connectivity index (χ3v) is 3.20. The van der Waals surface area contributed by atoms with Gasteiger partial charge in [-0.25, -0.2) is 0 Å². The van der Waals surface area contributed by atoms with E-state index in [2.05, 4.69) is 4.98 Å². The molecule has 0 radical (unpaired) electrons. The highest BCUT2D eigenvalue weighted by molar-refractivity contribution is 6.37. The lowest BCUT2D eigenvalue weighted by atomic mass is 10.1. The Labute approximate surface area is 120 Å². The molecule has 0 amide bonds. The molecule has 0 saturated heterocycles. The fourth-order valence-corrected chi connectivity index (χ4v) is 2.24. The van der Waals surface area contributed by atoms with Gasteiger partial charge < -0.3 is 0 Å². The van der Waals surface area contributed by atoms with Crippen LogP contribution in [0.1, 0.15) is 5.69 Å². The number of hydrogen-bond acceptors (Lipinski definition) is 2. The van der Waals surface area contributed by atoms with Gasteiger partial charge in [0.05, 0.1) is 33.9 Å². The van der Waals surface area contributed by atoms with Crippen molar-refractivity contribution in [2.24, 2.45) is 0 Å². The lowest BCUT2D eigenvalue weighted by Crippen LogP contribution is -1.92. The Morgan fingerprint density at radius 3 is 2.50 bits per heavy atom. The van der Waals surface area contributed by atoms with Gasteiger partial charge in [0.2, 0.25) is 0 Å². The van der Waals surface area contributed by atoms with Crippen LogP contribution in [0.3, 0.4) is 0 Å². The molecule has 0 atom stereocenters. The van der Waals surface area contributed by atoms with Crippen molar-refractivity contribution in [3.8, 4) is 17.3 Å². The lowest BCUT2D eigenvalue weighted by Gasteiger charge is -2.07. The van der Waals surface area contributed by atoms with Crippen LogP contribution in [0, 0.1) is 11.3 Å². The summed E-state index contributed by atoms with van der Waals surface area (Å²) in [5, 5.41) is 10.2. The van der Waals surface area contributed by atoms with Gasteiger partial charge in [0.15, 0.2) is 0 Å². The van der Waals surface area contributed by atoms with Gasteiger partial charge in [-0.05, 0) is 30.3 Å². The molecule has 0 aliphatic heterocycles. The second-order valence-electron chi connectivity index (χ2n) is 3.59. The van der Waals surface area contributed by atoms with Crippen molar-refractivity contribution < 1.29 is 0 Å². The number of rotatable bonds is 2. The third kappa shape index (κ3) is 2.76. The van der Waals surface area contributed by atoms with Crippen LogP contribution in [0.15, 0.2) is 30.3 Å². The molecule has 0 N–H and O–H groups in total. The zero-order chi connectivity index (χ0) is 13.1. The summed E-state index contributed by atoms with van der Waals surface area (Å²) in [5.74, 6) is 0. The molecule has 1 aromatic heterocycles. The standard InChI is InChI=1S/C13H7Cl3N2/c14-8-1-3-10(12(16)7-8)13-11(15)4-2-9(18-13)5-6-17/h1-4,7H,5H2. The Bertz CT molecular complexity index is 633. The first-order chi connectivity index (χ1) is 8.61. The van der Waals surface area contributed by atoms with Crippen molar-refractivity contribution in [1.82, 2.24) is 4.98 Å². The summed E-state index contributed by atoms with van der Waals surface area (Å²) in [6.07, 6.45) is 0.232. The van der Waals surface area contributed by atoms with Gasteiger partial charge in [-0.1, -0.05) is 34.8 Å². The van der Waals surface area contributed by atoms with Crippen molar-refractivity contribution >= 4 is 34.8 Å². The van der Waals surface area contributed by atoms with Crippen molar-refractivity contribution in [3.63, 3.8) is 0 Å². The Hall–Kier alpha value is -1.27. The predicted molar refractivity (Wildman–Crippen MR) is 74.0 cm³/mol. The van der Waals surface area contributed by atoms with Gasteiger partial charge in [0.25, 0.3) is 0 Å². The minimum Gasteiger partial charge on any atom is -0.250 e. The number of hydrogen-bond donors (Lipinski definition) is 0. The summed E-state index contributed by atoms with van der Waals surface area (Å²) < 4.78 is 0. The van der Waals surface area contributed by atoms with Crippen LogP contribution < -0.4 is 0 Å². The second-order valence-corrected chi connectivity index (χ2v) is 4.84. The van der Waals surface area contributed by atoms with E-state index in [4.69, 9.17) is 40.1 Å². The first kappa shape index (κ1) is 13.2. The van der Waals surface area contributed by atoms with Crippen molar-refractivity contribution in [1.29, 1.82) is 5.26 Å². The molecular weight excluding hydrogens is 291 g/mol. The predicted octanol–water partition coefficient (Wildman–Crippen LogP) is 4.77. The van der Waals surface area contributed by atoms with Gasteiger partial charge in [0.1, 0.15) is 0 Å². The van der Waals surface area contributed by atoms with Gasteiger partial charge in [-0.2, -0.15) is 5.26 Å². The Balaban J connectivity index is 2.56. The molecule has 90 valence electrons. The highest BCUT2D eigenvalue weighted by atomic mass is 35.5. The fraction of sp³-hybridized carbons (Fsp3) is 0.0769. The molecule has 0 unspecified atom stereocenters. The summed E-state index contributed by atoms with van der Waals surface area (Å²) in [6, 6.07) is 10.6. The van der Waals surface area contributed by atoms with Crippen LogP contribution in [-0.4, -0.2) is 4.98 Å². The van der Waals surface area contributed by atoms with Crippen molar-refractivity contribution in [2.45, 2.75) is 6.42 Å². The van der Waals surface area contributed by atoms with Crippen LogP contribution in [0.25, 0.3) is 11.3 Å². The van der Waals surface area contributed by atoms with E-state index >= 15 is 0 Å². The Morgan fingerprint density at radius 1 is 1.06 bits per heavy atom. The summed E-state index contributed by atoms with van der Waals surface area (Å²) in [5.41, 5.74) is 1.92. The van der Waals surface area contributed by atoms with Crippen LogP contribution >= 0.6 is 34.8 Å². The number of benzene rings is 1. The maximum atomic E-state index is 8.67. The quantitative estimate of drug-likeness (QED) is 0.800. The highest BCUT2D eigenvalue weighted by Crippen LogP contribution is 2.33. The van der Waals surface area contributed by atoms with Crippen molar-refractivity contribution in [3.05, 3.63) is 51.1 Å². The molecule has 0 aliphatic carbocycles. The van der Waals surface area contributed by atoms with Gasteiger partial charge in [0, 0.05) is 10.6 Å². The van der Waals surface area contributed by atoms with Gasteiger partial charge in [-0.15, -0.1) is 0 Å². The molecule has 0 bridgehead atoms. The molecular formula is C13H7Cl3N2. The average molecular weight is 298 g/mol. The van der Waals surface area contributed by atoms with E-state index in [0.29, 0.717) is 32.0 Å². The van der Waals surface area contributed by atoms with E-state index in [-0.39, 0.29) is 6.42 Å². The molecule has 0 spiro atoms. The number of pyridine rings is 1. The lowest BCUT2D eigenvalue weighted by molar-refractivity contribution is 1.12. The molecule has 2 rings (SSSR count). The Kier molecular flexibility index (Phi) is 4.08. The molecule has 1 aromatic carbocycles. The number of nitriles is 1.